The molecule has 1 aromatic rings. The lowest BCUT2D eigenvalue weighted by Gasteiger charge is -2.22. The van der Waals surface area contributed by atoms with Crippen molar-refractivity contribution in [2.75, 3.05) is 5.32 Å². The summed E-state index contributed by atoms with van der Waals surface area (Å²) >= 11 is 11.5. The quantitative estimate of drug-likeness (QED) is 0.506. The lowest BCUT2D eigenvalue weighted by atomic mass is 10.2. The second-order valence-electron chi connectivity index (χ2n) is 2.51. The number of para-hydroxylation sites is 1. The summed E-state index contributed by atoms with van der Waals surface area (Å²) in [7, 11) is 0. The van der Waals surface area contributed by atoms with Crippen LogP contribution in [0.5, 0.6) is 0 Å². The van der Waals surface area contributed by atoms with Crippen LogP contribution in [-0.4, -0.2) is 10.8 Å². The number of rotatable bonds is 0. The number of aliphatic imine (C=N–C) groups is 1. The van der Waals surface area contributed by atoms with E-state index in [1.54, 1.807) is 6.21 Å². The van der Waals surface area contributed by atoms with Crippen LogP contribution < -0.4 is 5.32 Å². The maximum absolute atomic E-state index is 5.76. The minimum Gasteiger partial charge on any atom is -0.335 e. The van der Waals surface area contributed by atoms with Gasteiger partial charge in [-0.25, -0.2) is 4.99 Å². The molecule has 0 saturated carbocycles. The maximum Gasteiger partial charge on any atom is 0.285 e. The number of nitrogens with one attached hydrogen (secondary N) is 1. The van der Waals surface area contributed by atoms with Crippen LogP contribution in [0.1, 0.15) is 5.56 Å². The average molecular weight is 201 g/mol. The van der Waals surface area contributed by atoms with Crippen molar-refractivity contribution in [2.45, 2.75) is 4.58 Å². The van der Waals surface area contributed by atoms with E-state index in [4.69, 9.17) is 23.2 Å². The van der Waals surface area contributed by atoms with E-state index >= 15 is 0 Å². The highest BCUT2D eigenvalue weighted by atomic mass is 35.5. The van der Waals surface area contributed by atoms with Crippen molar-refractivity contribution in [1.29, 1.82) is 0 Å². The molecule has 0 atom stereocenters. The second kappa shape index (κ2) is 2.64. The van der Waals surface area contributed by atoms with Gasteiger partial charge in [-0.15, -0.1) is 0 Å². The number of hydrogen-bond acceptors (Lipinski definition) is 2. The minimum atomic E-state index is -1.21. The predicted molar refractivity (Wildman–Crippen MR) is 52.1 cm³/mol. The van der Waals surface area contributed by atoms with Crippen molar-refractivity contribution >= 4 is 35.1 Å². The Morgan fingerprint density at radius 1 is 1.25 bits per heavy atom. The number of hydrogen-bond donors (Lipinski definition) is 1. The van der Waals surface area contributed by atoms with Crippen molar-refractivity contribution in [2.24, 2.45) is 4.99 Å². The summed E-state index contributed by atoms with van der Waals surface area (Å²) < 4.78 is -1.21. The van der Waals surface area contributed by atoms with Gasteiger partial charge in [-0.2, -0.15) is 0 Å². The molecule has 2 rings (SSSR count). The standard InChI is InChI=1S/C8H6Cl2N2/c9-8(10)11-5-6-3-1-2-4-7(6)12-8/h1-5,12H. The van der Waals surface area contributed by atoms with Gasteiger partial charge >= 0.3 is 0 Å². The summed E-state index contributed by atoms with van der Waals surface area (Å²) in [4.78, 5) is 3.90. The highest BCUT2D eigenvalue weighted by Gasteiger charge is 2.25. The van der Waals surface area contributed by atoms with Crippen LogP contribution in [0.4, 0.5) is 5.69 Å². The van der Waals surface area contributed by atoms with Crippen LogP contribution >= 0.6 is 23.2 Å². The summed E-state index contributed by atoms with van der Waals surface area (Å²) in [5, 5.41) is 2.87. The molecule has 1 aliphatic rings. The Kier molecular flexibility index (Phi) is 1.74. The Bertz CT molecular complexity index is 334. The fraction of sp³-hybridized carbons (Fsp3) is 0.125. The van der Waals surface area contributed by atoms with E-state index in [0.29, 0.717) is 0 Å². The van der Waals surface area contributed by atoms with Crippen LogP contribution in [0, 0.1) is 0 Å². The topological polar surface area (TPSA) is 24.4 Å². The molecule has 1 heterocycles. The number of nitrogens with zero attached hydrogens (tertiary/aromatic N) is 1. The lowest BCUT2D eigenvalue weighted by molar-refractivity contribution is 0.946. The first-order valence-electron chi connectivity index (χ1n) is 3.48. The third-order valence-corrected chi connectivity index (χ3v) is 2.00. The van der Waals surface area contributed by atoms with E-state index in [9.17, 15) is 0 Å². The molecule has 1 aliphatic heterocycles. The van der Waals surface area contributed by atoms with Crippen LogP contribution in [0.15, 0.2) is 29.3 Å². The largest absolute Gasteiger partial charge is 0.335 e. The van der Waals surface area contributed by atoms with E-state index in [1.165, 1.54) is 0 Å². The molecule has 0 saturated heterocycles. The zero-order chi connectivity index (χ0) is 8.60. The number of benzene rings is 1. The third kappa shape index (κ3) is 1.40. The molecular weight excluding hydrogens is 195 g/mol. The van der Waals surface area contributed by atoms with E-state index in [0.717, 1.165) is 11.3 Å². The zero-order valence-corrected chi connectivity index (χ0v) is 7.60. The van der Waals surface area contributed by atoms with Crippen molar-refractivity contribution in [3.63, 3.8) is 0 Å². The molecule has 1 aromatic carbocycles. The molecule has 0 amide bonds. The summed E-state index contributed by atoms with van der Waals surface area (Å²) in [5.74, 6) is 0. The predicted octanol–water partition coefficient (Wildman–Crippen LogP) is 2.62. The Morgan fingerprint density at radius 3 is 2.83 bits per heavy atom. The summed E-state index contributed by atoms with van der Waals surface area (Å²) in [5.41, 5.74) is 1.90. The van der Waals surface area contributed by atoms with Gasteiger partial charge in [0.1, 0.15) is 0 Å². The van der Waals surface area contributed by atoms with Crippen LogP contribution in [0.3, 0.4) is 0 Å². The minimum absolute atomic E-state index is 0.900. The summed E-state index contributed by atoms with van der Waals surface area (Å²) in [6, 6.07) is 7.69. The van der Waals surface area contributed by atoms with Crippen molar-refractivity contribution in [3.05, 3.63) is 29.8 Å². The molecule has 4 heteroatoms. The van der Waals surface area contributed by atoms with E-state index in [2.05, 4.69) is 10.3 Å². The second-order valence-corrected chi connectivity index (χ2v) is 3.80. The van der Waals surface area contributed by atoms with Crippen LogP contribution in [0.25, 0.3) is 0 Å². The molecule has 1 N–H and O–H groups in total. The average Bonchev–Trinajstić information content (AvgIpc) is 2.02. The SMILES string of the molecule is ClC1(Cl)N=Cc2ccccc2N1. The molecule has 12 heavy (non-hydrogen) atoms. The number of anilines is 1. The van der Waals surface area contributed by atoms with Crippen molar-refractivity contribution < 1.29 is 0 Å². The Morgan fingerprint density at radius 2 is 2.00 bits per heavy atom. The zero-order valence-electron chi connectivity index (χ0n) is 6.09. The van der Waals surface area contributed by atoms with Gasteiger partial charge in [-0.3, -0.25) is 0 Å². The van der Waals surface area contributed by atoms with Gasteiger partial charge in [-0.05, 0) is 6.07 Å². The third-order valence-electron chi connectivity index (χ3n) is 1.61. The summed E-state index contributed by atoms with van der Waals surface area (Å²) in [6.45, 7) is 0. The molecular formula is C8H6Cl2N2. The molecule has 0 unspecified atom stereocenters. The maximum atomic E-state index is 5.76. The van der Waals surface area contributed by atoms with Gasteiger partial charge in [0.2, 0.25) is 0 Å². The normalized spacial score (nSPS) is 18.2. The van der Waals surface area contributed by atoms with E-state index in [1.807, 2.05) is 24.3 Å². The molecule has 2 nitrogen and oxygen atoms in total. The van der Waals surface area contributed by atoms with Crippen molar-refractivity contribution in [3.8, 4) is 0 Å². The monoisotopic (exact) mass is 200 g/mol. The highest BCUT2D eigenvalue weighted by molar-refractivity contribution is 6.50. The van der Waals surface area contributed by atoms with Gasteiger partial charge in [0, 0.05) is 17.5 Å². The smallest absolute Gasteiger partial charge is 0.285 e. The van der Waals surface area contributed by atoms with E-state index < -0.39 is 4.58 Å². The van der Waals surface area contributed by atoms with Gasteiger partial charge in [-0.1, -0.05) is 41.4 Å². The van der Waals surface area contributed by atoms with Gasteiger partial charge in [0.15, 0.2) is 0 Å². The van der Waals surface area contributed by atoms with Gasteiger partial charge in [0.05, 0.1) is 0 Å². The van der Waals surface area contributed by atoms with Crippen LogP contribution in [0.2, 0.25) is 0 Å². The molecule has 0 aromatic heterocycles. The number of fused-ring (bicyclic) bond motifs is 1. The first kappa shape index (κ1) is 7.90. The molecule has 62 valence electrons. The Labute approximate surface area is 80.2 Å². The van der Waals surface area contributed by atoms with Crippen LogP contribution in [-0.2, 0) is 0 Å². The lowest BCUT2D eigenvalue weighted by Crippen LogP contribution is -2.26. The van der Waals surface area contributed by atoms with E-state index in [-0.39, 0.29) is 0 Å². The highest BCUT2D eigenvalue weighted by Crippen LogP contribution is 2.30. The number of halogens is 2. The Hall–Kier alpha value is -0.730. The molecule has 0 spiro atoms. The fourth-order valence-corrected chi connectivity index (χ4v) is 1.37. The van der Waals surface area contributed by atoms with Gasteiger partial charge < -0.3 is 5.32 Å². The molecule has 0 radical (unpaired) electrons. The molecule has 0 aliphatic carbocycles. The first-order valence-corrected chi connectivity index (χ1v) is 4.23. The molecule has 0 fully saturated rings. The molecule has 0 bridgehead atoms. The summed E-state index contributed by atoms with van der Waals surface area (Å²) in [6.07, 6.45) is 1.66. The van der Waals surface area contributed by atoms with Gasteiger partial charge in [0.25, 0.3) is 4.58 Å². The first-order chi connectivity index (χ1) is 5.67. The Balaban J connectivity index is 2.46. The van der Waals surface area contributed by atoms with Crippen molar-refractivity contribution in [1.82, 2.24) is 0 Å². The number of alkyl halides is 2. The fourth-order valence-electron chi connectivity index (χ4n) is 1.07.